The average molecular weight is 439 g/mol. The number of primary amides is 1. The van der Waals surface area contributed by atoms with Gasteiger partial charge in [0, 0.05) is 52.9 Å². The predicted molar refractivity (Wildman–Crippen MR) is 129 cm³/mol. The number of pyridine rings is 1. The third kappa shape index (κ3) is 4.37. The number of hydrogen-bond donors (Lipinski definition) is 2. The molecular weight excluding hydrogens is 412 g/mol. The Balaban J connectivity index is 1.32. The molecule has 0 unspecified atom stereocenters. The topological polar surface area (TPSA) is 92.1 Å². The van der Waals surface area contributed by atoms with Crippen molar-refractivity contribution < 1.29 is 9.59 Å². The molecule has 6 nitrogen and oxygen atoms in total. The molecule has 4 aromatic rings. The molecule has 0 aliphatic carbocycles. The molecule has 5 rings (SSSR count). The van der Waals surface area contributed by atoms with Crippen LogP contribution in [0, 0.1) is 0 Å². The van der Waals surface area contributed by atoms with Crippen molar-refractivity contribution in [1.82, 2.24) is 14.9 Å². The summed E-state index contributed by atoms with van der Waals surface area (Å²) in [6.45, 7) is 1.44. The van der Waals surface area contributed by atoms with Crippen molar-refractivity contribution in [3.63, 3.8) is 0 Å². The summed E-state index contributed by atoms with van der Waals surface area (Å²) in [5.41, 5.74) is 10.6. The standard InChI is InChI=1S/C27H26N4O2/c28-27(33)19-7-3-6-18(14-19)23-11-4-12-24(30-23)20-8-5-13-31(17-20)26(32)15-21-16-29-25-10-2-1-9-22(21)25/h1-4,6-7,9-12,14,16,20,29H,5,8,13,15,17H2,(H2,28,33)/t20-/m0/s1. The summed E-state index contributed by atoms with van der Waals surface area (Å²) < 4.78 is 0. The maximum atomic E-state index is 13.1. The van der Waals surface area contributed by atoms with Crippen LogP contribution >= 0.6 is 0 Å². The fourth-order valence-corrected chi connectivity index (χ4v) is 4.67. The molecule has 0 spiro atoms. The SMILES string of the molecule is NC(=O)c1cccc(-c2cccc([C@H]3CCCN(C(=O)Cc4c[nH]c5ccccc45)C3)n2)c1. The number of nitrogens with zero attached hydrogens (tertiary/aromatic N) is 2. The average Bonchev–Trinajstić information content (AvgIpc) is 3.27. The van der Waals surface area contributed by atoms with E-state index in [4.69, 9.17) is 10.7 Å². The molecular formula is C27H26N4O2. The monoisotopic (exact) mass is 438 g/mol. The first kappa shape index (κ1) is 20.9. The summed E-state index contributed by atoms with van der Waals surface area (Å²) in [6, 6.07) is 21.2. The number of nitrogens with two attached hydrogens (primary N) is 1. The molecule has 1 saturated heterocycles. The van der Waals surface area contributed by atoms with Crippen LogP contribution in [0.25, 0.3) is 22.2 Å². The summed E-state index contributed by atoms with van der Waals surface area (Å²) in [6.07, 6.45) is 4.28. The fraction of sp³-hybridized carbons (Fsp3) is 0.222. The highest BCUT2D eigenvalue weighted by Crippen LogP contribution is 2.29. The van der Waals surface area contributed by atoms with Gasteiger partial charge in [0.25, 0.3) is 0 Å². The molecule has 2 aromatic carbocycles. The first-order chi connectivity index (χ1) is 16.1. The van der Waals surface area contributed by atoms with Crippen LogP contribution in [0.5, 0.6) is 0 Å². The van der Waals surface area contributed by atoms with Crippen LogP contribution in [0.4, 0.5) is 0 Å². The number of amides is 2. The van der Waals surface area contributed by atoms with Gasteiger partial charge in [0.15, 0.2) is 0 Å². The summed E-state index contributed by atoms with van der Waals surface area (Å²) in [7, 11) is 0. The number of nitrogens with one attached hydrogen (secondary N) is 1. The highest BCUT2D eigenvalue weighted by Gasteiger charge is 2.26. The predicted octanol–water partition coefficient (Wildman–Crippen LogP) is 4.28. The normalized spacial score (nSPS) is 16.1. The molecule has 0 radical (unpaired) electrons. The van der Waals surface area contributed by atoms with Crippen molar-refractivity contribution >= 4 is 22.7 Å². The van der Waals surface area contributed by atoms with E-state index in [1.165, 1.54) is 0 Å². The molecule has 0 saturated carbocycles. The molecule has 1 atom stereocenters. The van der Waals surface area contributed by atoms with Gasteiger partial charge in [-0.25, -0.2) is 0 Å². The van der Waals surface area contributed by atoms with E-state index in [0.717, 1.165) is 52.8 Å². The number of aromatic amines is 1. The summed E-state index contributed by atoms with van der Waals surface area (Å²) in [5, 5.41) is 1.10. The fourth-order valence-electron chi connectivity index (χ4n) is 4.67. The van der Waals surface area contributed by atoms with Crippen LogP contribution in [0.2, 0.25) is 0 Å². The van der Waals surface area contributed by atoms with Crippen molar-refractivity contribution in [3.05, 3.63) is 89.7 Å². The molecule has 2 amide bonds. The number of likely N-dealkylation sites (tertiary alicyclic amines) is 1. The van der Waals surface area contributed by atoms with E-state index in [2.05, 4.69) is 11.1 Å². The first-order valence-electron chi connectivity index (χ1n) is 11.3. The minimum Gasteiger partial charge on any atom is -0.366 e. The summed E-state index contributed by atoms with van der Waals surface area (Å²) >= 11 is 0. The highest BCUT2D eigenvalue weighted by atomic mass is 16.2. The van der Waals surface area contributed by atoms with Gasteiger partial charge in [0.1, 0.15) is 0 Å². The van der Waals surface area contributed by atoms with E-state index in [-0.39, 0.29) is 11.8 Å². The maximum Gasteiger partial charge on any atom is 0.248 e. The zero-order chi connectivity index (χ0) is 22.8. The Labute approximate surface area is 192 Å². The van der Waals surface area contributed by atoms with Crippen LogP contribution in [-0.2, 0) is 11.2 Å². The van der Waals surface area contributed by atoms with Crippen molar-refractivity contribution in [1.29, 1.82) is 0 Å². The molecule has 1 fully saturated rings. The van der Waals surface area contributed by atoms with Gasteiger partial charge in [-0.2, -0.15) is 0 Å². The second-order valence-corrected chi connectivity index (χ2v) is 8.61. The Morgan fingerprint density at radius 1 is 1.06 bits per heavy atom. The first-order valence-corrected chi connectivity index (χ1v) is 11.3. The van der Waals surface area contributed by atoms with E-state index in [9.17, 15) is 9.59 Å². The van der Waals surface area contributed by atoms with Crippen LogP contribution in [0.1, 0.15) is 40.4 Å². The van der Waals surface area contributed by atoms with Crippen molar-refractivity contribution in [2.24, 2.45) is 5.73 Å². The number of H-pyrrole nitrogens is 1. The molecule has 3 N–H and O–H groups in total. The molecule has 6 heteroatoms. The van der Waals surface area contributed by atoms with Crippen LogP contribution < -0.4 is 5.73 Å². The second kappa shape index (κ2) is 8.90. The highest BCUT2D eigenvalue weighted by molar-refractivity contribution is 5.94. The lowest BCUT2D eigenvalue weighted by atomic mass is 9.93. The van der Waals surface area contributed by atoms with E-state index in [0.29, 0.717) is 18.5 Å². The van der Waals surface area contributed by atoms with Gasteiger partial charge in [-0.3, -0.25) is 14.6 Å². The van der Waals surface area contributed by atoms with Crippen molar-refractivity contribution in [2.45, 2.75) is 25.2 Å². The molecule has 166 valence electrons. The van der Waals surface area contributed by atoms with Crippen LogP contribution in [0.15, 0.2) is 72.9 Å². The van der Waals surface area contributed by atoms with E-state index in [1.807, 2.05) is 59.6 Å². The Morgan fingerprint density at radius 3 is 2.79 bits per heavy atom. The Kier molecular flexibility index (Phi) is 5.65. The molecule has 1 aliphatic rings. The van der Waals surface area contributed by atoms with E-state index < -0.39 is 5.91 Å². The number of benzene rings is 2. The van der Waals surface area contributed by atoms with Gasteiger partial charge in [0.05, 0.1) is 12.1 Å². The van der Waals surface area contributed by atoms with Gasteiger partial charge >= 0.3 is 0 Å². The second-order valence-electron chi connectivity index (χ2n) is 8.61. The molecule has 0 bridgehead atoms. The van der Waals surface area contributed by atoms with Crippen LogP contribution in [0.3, 0.4) is 0 Å². The van der Waals surface area contributed by atoms with Gasteiger partial charge in [-0.1, -0.05) is 36.4 Å². The van der Waals surface area contributed by atoms with Crippen molar-refractivity contribution in [2.75, 3.05) is 13.1 Å². The number of aromatic nitrogens is 2. The smallest absolute Gasteiger partial charge is 0.248 e. The Bertz CT molecular complexity index is 1330. The third-order valence-corrected chi connectivity index (χ3v) is 6.42. The maximum absolute atomic E-state index is 13.1. The molecule has 3 heterocycles. The summed E-state index contributed by atoms with van der Waals surface area (Å²) in [5.74, 6) is -0.121. The van der Waals surface area contributed by atoms with Gasteiger partial charge < -0.3 is 15.6 Å². The summed E-state index contributed by atoms with van der Waals surface area (Å²) in [4.78, 5) is 34.8. The molecule has 2 aromatic heterocycles. The number of carbonyl (C=O) groups excluding carboxylic acids is 2. The number of hydrogen-bond acceptors (Lipinski definition) is 3. The lowest BCUT2D eigenvalue weighted by molar-refractivity contribution is -0.131. The minimum absolute atomic E-state index is 0.148. The van der Waals surface area contributed by atoms with Gasteiger partial charge in [-0.15, -0.1) is 0 Å². The minimum atomic E-state index is -0.454. The zero-order valence-corrected chi connectivity index (χ0v) is 18.3. The van der Waals surface area contributed by atoms with Crippen LogP contribution in [-0.4, -0.2) is 39.8 Å². The number of piperidine rings is 1. The third-order valence-electron chi connectivity index (χ3n) is 6.42. The van der Waals surface area contributed by atoms with Gasteiger partial charge in [-0.05, 0) is 48.7 Å². The Morgan fingerprint density at radius 2 is 1.91 bits per heavy atom. The zero-order valence-electron chi connectivity index (χ0n) is 18.3. The molecule has 1 aliphatic heterocycles. The number of para-hydroxylation sites is 1. The van der Waals surface area contributed by atoms with Gasteiger partial charge in [0.2, 0.25) is 11.8 Å². The lowest BCUT2D eigenvalue weighted by Gasteiger charge is -2.32. The number of carbonyl (C=O) groups is 2. The lowest BCUT2D eigenvalue weighted by Crippen LogP contribution is -2.40. The quantitative estimate of drug-likeness (QED) is 0.487. The number of fused-ring (bicyclic) bond motifs is 1. The van der Waals surface area contributed by atoms with E-state index in [1.54, 1.807) is 12.1 Å². The number of rotatable bonds is 5. The van der Waals surface area contributed by atoms with E-state index >= 15 is 0 Å². The largest absolute Gasteiger partial charge is 0.366 e. The molecule has 33 heavy (non-hydrogen) atoms. The van der Waals surface area contributed by atoms with Crippen molar-refractivity contribution in [3.8, 4) is 11.3 Å². The Hall–Kier alpha value is -3.93.